The van der Waals surface area contributed by atoms with Crippen molar-refractivity contribution in [3.63, 3.8) is 0 Å². The molecule has 2 amide bonds. The number of hydrogen-bond donors (Lipinski definition) is 2. The van der Waals surface area contributed by atoms with Crippen LogP contribution in [0.5, 0.6) is 0 Å². The molecule has 136 valence electrons. The van der Waals surface area contributed by atoms with Crippen molar-refractivity contribution >= 4 is 17.7 Å². The van der Waals surface area contributed by atoms with Gasteiger partial charge in [0.2, 0.25) is 0 Å². The summed E-state index contributed by atoms with van der Waals surface area (Å²) in [6.45, 7) is 2.50. The zero-order valence-electron chi connectivity index (χ0n) is 14.2. The van der Waals surface area contributed by atoms with Crippen LogP contribution in [0.15, 0.2) is 24.3 Å². The highest BCUT2D eigenvalue weighted by Gasteiger charge is 2.36. The fraction of sp³-hybridized carbons (Fsp3) is 0.556. The van der Waals surface area contributed by atoms with E-state index < -0.39 is 5.97 Å². The third-order valence-electron chi connectivity index (χ3n) is 5.21. The van der Waals surface area contributed by atoms with Gasteiger partial charge >= 0.3 is 12.0 Å². The first-order valence-electron chi connectivity index (χ1n) is 8.83. The molecule has 6 nitrogen and oxygen atoms in total. The van der Waals surface area contributed by atoms with Gasteiger partial charge in [0.25, 0.3) is 0 Å². The first-order chi connectivity index (χ1) is 12.0. The van der Waals surface area contributed by atoms with E-state index in [1.54, 1.807) is 4.90 Å². The number of halogens is 1. The van der Waals surface area contributed by atoms with Gasteiger partial charge in [-0.15, -0.1) is 0 Å². The maximum Gasteiger partial charge on any atom is 0.321 e. The predicted molar refractivity (Wildman–Crippen MR) is 91.9 cm³/mol. The van der Waals surface area contributed by atoms with Gasteiger partial charge in [0.1, 0.15) is 5.82 Å². The molecule has 1 aliphatic heterocycles. The molecule has 2 N–H and O–H groups in total. The highest BCUT2D eigenvalue weighted by atomic mass is 19.1. The molecule has 0 spiro atoms. The zero-order valence-corrected chi connectivity index (χ0v) is 14.2. The molecule has 1 aromatic rings. The highest BCUT2D eigenvalue weighted by Crippen LogP contribution is 2.29. The molecule has 3 rings (SSSR count). The van der Waals surface area contributed by atoms with Crippen LogP contribution >= 0.6 is 0 Å². The fourth-order valence-electron chi connectivity index (χ4n) is 3.83. The summed E-state index contributed by atoms with van der Waals surface area (Å²) >= 11 is 0. The Kier molecular flexibility index (Phi) is 5.53. The van der Waals surface area contributed by atoms with Crippen LogP contribution < -0.4 is 5.32 Å². The van der Waals surface area contributed by atoms with E-state index >= 15 is 0 Å². The number of hydrogen-bond acceptors (Lipinski definition) is 3. The van der Waals surface area contributed by atoms with Gasteiger partial charge in [0.15, 0.2) is 0 Å². The summed E-state index contributed by atoms with van der Waals surface area (Å²) in [4.78, 5) is 27.7. The number of carboxylic acid groups (broad SMARTS) is 1. The van der Waals surface area contributed by atoms with Gasteiger partial charge in [0.05, 0.1) is 5.92 Å². The number of piperazine rings is 1. The SMILES string of the molecule is O=C(O)[C@H]1CCCC[C@@H]1N1CCN(C(=O)Nc2ccc(F)cc2)CC1. The Morgan fingerprint density at radius 1 is 1.04 bits per heavy atom. The van der Waals surface area contributed by atoms with Gasteiger partial charge in [-0.1, -0.05) is 12.8 Å². The molecule has 1 heterocycles. The van der Waals surface area contributed by atoms with Crippen LogP contribution in [0, 0.1) is 11.7 Å². The highest BCUT2D eigenvalue weighted by molar-refractivity contribution is 5.89. The number of rotatable bonds is 3. The van der Waals surface area contributed by atoms with E-state index in [4.69, 9.17) is 0 Å². The van der Waals surface area contributed by atoms with Gasteiger partial charge in [-0.3, -0.25) is 9.69 Å². The molecular weight excluding hydrogens is 325 g/mol. The molecule has 7 heteroatoms. The molecule has 1 saturated carbocycles. The second-order valence-corrected chi connectivity index (χ2v) is 6.76. The quantitative estimate of drug-likeness (QED) is 0.880. The number of carboxylic acids is 1. The van der Waals surface area contributed by atoms with Crippen LogP contribution in [0.1, 0.15) is 25.7 Å². The summed E-state index contributed by atoms with van der Waals surface area (Å²) in [5.74, 6) is -1.35. The predicted octanol–water partition coefficient (Wildman–Crippen LogP) is 2.62. The summed E-state index contributed by atoms with van der Waals surface area (Å²) < 4.78 is 12.9. The van der Waals surface area contributed by atoms with Crippen molar-refractivity contribution in [3.05, 3.63) is 30.1 Å². The number of carbonyl (C=O) groups is 2. The van der Waals surface area contributed by atoms with E-state index in [-0.39, 0.29) is 23.8 Å². The zero-order chi connectivity index (χ0) is 17.8. The molecule has 2 fully saturated rings. The largest absolute Gasteiger partial charge is 0.481 e. The van der Waals surface area contributed by atoms with Crippen molar-refractivity contribution in [2.24, 2.45) is 5.92 Å². The van der Waals surface area contributed by atoms with E-state index in [2.05, 4.69) is 10.2 Å². The average Bonchev–Trinajstić information content (AvgIpc) is 2.63. The Morgan fingerprint density at radius 3 is 2.32 bits per heavy atom. The van der Waals surface area contributed by atoms with E-state index in [1.807, 2.05) is 0 Å². The number of aliphatic carboxylic acids is 1. The first-order valence-corrected chi connectivity index (χ1v) is 8.83. The van der Waals surface area contributed by atoms with Crippen molar-refractivity contribution in [1.82, 2.24) is 9.80 Å². The monoisotopic (exact) mass is 349 g/mol. The van der Waals surface area contributed by atoms with Crippen LogP contribution in [-0.2, 0) is 4.79 Å². The van der Waals surface area contributed by atoms with Gasteiger partial charge in [-0.25, -0.2) is 9.18 Å². The maximum atomic E-state index is 12.9. The molecule has 0 unspecified atom stereocenters. The minimum Gasteiger partial charge on any atom is -0.481 e. The standard InChI is InChI=1S/C18H24FN3O3/c19-13-5-7-14(8-6-13)20-18(25)22-11-9-21(10-12-22)16-4-2-1-3-15(16)17(23)24/h5-8,15-16H,1-4,9-12H2,(H,20,25)(H,23,24)/t15-,16-/m0/s1. The van der Waals surface area contributed by atoms with Gasteiger partial charge in [-0.05, 0) is 37.1 Å². The normalized spacial score (nSPS) is 24.8. The first kappa shape index (κ1) is 17.7. The van der Waals surface area contributed by atoms with Gasteiger partial charge < -0.3 is 15.3 Å². The molecule has 25 heavy (non-hydrogen) atoms. The molecule has 0 bridgehead atoms. The van der Waals surface area contributed by atoms with Crippen molar-refractivity contribution in [3.8, 4) is 0 Å². The van der Waals surface area contributed by atoms with Gasteiger partial charge in [0, 0.05) is 37.9 Å². The molecule has 2 atom stereocenters. The second-order valence-electron chi connectivity index (χ2n) is 6.76. The third-order valence-corrected chi connectivity index (χ3v) is 5.21. The number of nitrogens with zero attached hydrogens (tertiary/aromatic N) is 2. The van der Waals surface area contributed by atoms with Crippen molar-refractivity contribution < 1.29 is 19.1 Å². The molecular formula is C18H24FN3O3. The number of anilines is 1. The Balaban J connectivity index is 1.53. The van der Waals surface area contributed by atoms with Crippen LogP contribution in [0.3, 0.4) is 0 Å². The number of carbonyl (C=O) groups excluding carboxylic acids is 1. The molecule has 1 saturated heterocycles. The summed E-state index contributed by atoms with van der Waals surface area (Å²) in [5, 5.41) is 12.2. The molecule has 1 aliphatic carbocycles. The number of amides is 2. The minimum atomic E-state index is -0.707. The summed E-state index contributed by atoms with van der Waals surface area (Å²) in [6, 6.07) is 5.55. The van der Waals surface area contributed by atoms with Crippen LogP contribution in [0.2, 0.25) is 0 Å². The van der Waals surface area contributed by atoms with E-state index in [0.717, 1.165) is 25.7 Å². The van der Waals surface area contributed by atoms with Crippen molar-refractivity contribution in [2.45, 2.75) is 31.7 Å². The summed E-state index contributed by atoms with van der Waals surface area (Å²) in [6.07, 6.45) is 3.71. The average molecular weight is 349 g/mol. The van der Waals surface area contributed by atoms with Gasteiger partial charge in [-0.2, -0.15) is 0 Å². The summed E-state index contributed by atoms with van der Waals surface area (Å²) in [5.41, 5.74) is 0.562. The minimum absolute atomic E-state index is 0.0774. The second kappa shape index (κ2) is 7.82. The lowest BCUT2D eigenvalue weighted by Crippen LogP contribution is -2.55. The van der Waals surface area contributed by atoms with Crippen LogP contribution in [-0.4, -0.2) is 59.1 Å². The molecule has 0 aromatic heterocycles. The Labute approximate surface area is 146 Å². The van der Waals surface area contributed by atoms with Crippen molar-refractivity contribution in [2.75, 3.05) is 31.5 Å². The Hall–Kier alpha value is -2.15. The summed E-state index contributed by atoms with van der Waals surface area (Å²) in [7, 11) is 0. The number of urea groups is 1. The van der Waals surface area contributed by atoms with E-state index in [1.165, 1.54) is 24.3 Å². The Morgan fingerprint density at radius 2 is 1.68 bits per heavy atom. The van der Waals surface area contributed by atoms with Crippen LogP contribution in [0.25, 0.3) is 0 Å². The van der Waals surface area contributed by atoms with Crippen molar-refractivity contribution in [1.29, 1.82) is 0 Å². The molecule has 2 aliphatic rings. The maximum absolute atomic E-state index is 12.9. The lowest BCUT2D eigenvalue weighted by molar-refractivity contribution is -0.146. The smallest absolute Gasteiger partial charge is 0.321 e. The third kappa shape index (κ3) is 4.28. The van der Waals surface area contributed by atoms with Crippen LogP contribution in [0.4, 0.5) is 14.9 Å². The van der Waals surface area contributed by atoms with E-state index in [9.17, 15) is 19.1 Å². The molecule has 0 radical (unpaired) electrons. The fourth-order valence-corrected chi connectivity index (χ4v) is 3.83. The Bertz CT molecular complexity index is 614. The van der Waals surface area contributed by atoms with E-state index in [0.29, 0.717) is 31.9 Å². The molecule has 1 aromatic carbocycles. The lowest BCUT2D eigenvalue weighted by Gasteiger charge is -2.42. The number of nitrogens with one attached hydrogen (secondary N) is 1. The topological polar surface area (TPSA) is 72.9 Å². The lowest BCUT2D eigenvalue weighted by atomic mass is 9.83. The number of benzene rings is 1.